The average molecular weight is 430 g/mol. The van der Waals surface area contributed by atoms with Crippen molar-refractivity contribution < 1.29 is 0 Å². The third kappa shape index (κ3) is 6.55. The smallest absolute Gasteiger partial charge is 0.0547 e. The predicted octanol–water partition coefficient (Wildman–Crippen LogP) is 7.47. The molecule has 1 nitrogen and oxygen atoms in total. The first-order valence-electron chi connectivity index (χ1n) is 11.7. The van der Waals surface area contributed by atoms with Crippen LogP contribution in [0, 0.1) is 0 Å². The molecule has 31 heavy (non-hydrogen) atoms. The first-order chi connectivity index (χ1) is 15.4. The van der Waals surface area contributed by atoms with Crippen LogP contribution in [0.3, 0.4) is 0 Å². The number of benzene rings is 3. The minimum Gasteiger partial charge on any atom is -0.290 e. The molecule has 0 saturated carbocycles. The molecular weight excluding hydrogens is 393 g/mol. The summed E-state index contributed by atoms with van der Waals surface area (Å²) in [5.41, 5.74) is 0. The van der Waals surface area contributed by atoms with Gasteiger partial charge in [0.25, 0.3) is 0 Å². The maximum Gasteiger partial charge on any atom is 0.0547 e. The molecule has 0 aliphatic rings. The van der Waals surface area contributed by atoms with Crippen molar-refractivity contribution in [3.8, 4) is 0 Å². The van der Waals surface area contributed by atoms with Gasteiger partial charge in [-0.3, -0.25) is 4.74 Å². The van der Waals surface area contributed by atoms with Gasteiger partial charge in [-0.1, -0.05) is 129 Å². The lowest BCUT2D eigenvalue weighted by Crippen LogP contribution is -2.25. The first-order valence-corrected chi connectivity index (χ1v) is 13.5. The summed E-state index contributed by atoms with van der Waals surface area (Å²) in [5.74, 6) is 0. The van der Waals surface area contributed by atoms with Crippen molar-refractivity contribution in [3.63, 3.8) is 0 Å². The summed E-state index contributed by atoms with van der Waals surface area (Å²) in [6, 6.07) is 32.8. The highest BCUT2D eigenvalue weighted by atomic mass is 31.2. The molecule has 0 atom stereocenters. The van der Waals surface area contributed by atoms with Crippen LogP contribution in [0.15, 0.2) is 108 Å². The highest BCUT2D eigenvalue weighted by molar-refractivity contribution is 7.87. The quantitative estimate of drug-likeness (QED) is 0.152. The normalized spacial score (nSPS) is 11.2. The van der Waals surface area contributed by atoms with Gasteiger partial charge in [0.05, 0.1) is 7.05 Å². The fraction of sp³-hybridized carbons (Fsp3) is 0.310. The zero-order chi connectivity index (χ0) is 21.6. The molecule has 0 fully saturated rings. The van der Waals surface area contributed by atoms with Gasteiger partial charge in [-0.15, -0.1) is 6.58 Å². The lowest BCUT2D eigenvalue weighted by molar-refractivity contribution is 0.585. The molecule has 0 saturated heterocycles. The number of rotatable bonds is 13. The Morgan fingerprint density at radius 2 is 0.935 bits per heavy atom. The standard InChI is InChI=1S/C29H36NP/c1-2-3-4-5-6-7-8-9-19-26-30-31(27-20-13-10-14-21-27,28-22-15-11-16-23-28)29-24-17-12-18-25-29/h2,10-18,20-25H,1,3-9,19,26H2. The molecule has 0 aliphatic carbocycles. The SMILES string of the molecule is C=CCCCCCCCCCN=P(c1ccccc1)(c1ccccc1)c1ccccc1. The maximum absolute atomic E-state index is 5.52. The van der Waals surface area contributed by atoms with E-state index in [2.05, 4.69) is 97.6 Å². The Hall–Kier alpha value is -2.37. The predicted molar refractivity (Wildman–Crippen MR) is 140 cm³/mol. The van der Waals surface area contributed by atoms with Crippen LogP contribution in [0.2, 0.25) is 0 Å². The topological polar surface area (TPSA) is 12.4 Å². The first kappa shape index (κ1) is 23.3. The molecule has 0 unspecified atom stereocenters. The Balaban J connectivity index is 1.79. The second kappa shape index (κ2) is 13.1. The number of unbranched alkanes of at least 4 members (excludes halogenated alkanes) is 7. The van der Waals surface area contributed by atoms with E-state index in [1.54, 1.807) is 0 Å². The Kier molecular flexibility index (Phi) is 9.87. The Bertz CT molecular complexity index is 829. The van der Waals surface area contributed by atoms with E-state index in [1.165, 1.54) is 60.9 Å². The summed E-state index contributed by atoms with van der Waals surface area (Å²) in [6.45, 7) is 4.73. The zero-order valence-electron chi connectivity index (χ0n) is 18.7. The number of hydrogen-bond acceptors (Lipinski definition) is 1. The zero-order valence-corrected chi connectivity index (χ0v) is 19.6. The average Bonchev–Trinajstić information content (AvgIpc) is 2.84. The second-order valence-corrected chi connectivity index (χ2v) is 11.2. The minimum absolute atomic E-state index is 0.920. The monoisotopic (exact) mass is 429 g/mol. The summed E-state index contributed by atoms with van der Waals surface area (Å²) in [7, 11) is -2.01. The van der Waals surface area contributed by atoms with Crippen LogP contribution in [0.4, 0.5) is 0 Å². The van der Waals surface area contributed by atoms with Crippen molar-refractivity contribution in [1.29, 1.82) is 0 Å². The van der Waals surface area contributed by atoms with E-state index < -0.39 is 7.05 Å². The molecule has 0 spiro atoms. The highest BCUT2D eigenvalue weighted by Gasteiger charge is 2.26. The number of hydrogen-bond donors (Lipinski definition) is 0. The van der Waals surface area contributed by atoms with Crippen molar-refractivity contribution >= 4 is 23.0 Å². The van der Waals surface area contributed by atoms with Crippen LogP contribution < -0.4 is 15.9 Å². The largest absolute Gasteiger partial charge is 0.290 e. The Morgan fingerprint density at radius 3 is 1.35 bits per heavy atom. The molecule has 0 amide bonds. The van der Waals surface area contributed by atoms with E-state index >= 15 is 0 Å². The molecule has 0 bridgehead atoms. The minimum atomic E-state index is -2.01. The summed E-state index contributed by atoms with van der Waals surface area (Å²) in [5, 5.41) is 4.03. The third-order valence-corrected chi connectivity index (χ3v) is 9.53. The van der Waals surface area contributed by atoms with Gasteiger partial charge in [0.2, 0.25) is 0 Å². The second-order valence-electron chi connectivity index (χ2n) is 8.06. The molecule has 162 valence electrons. The fourth-order valence-electron chi connectivity index (χ4n) is 4.13. The van der Waals surface area contributed by atoms with E-state index in [0.717, 1.165) is 13.0 Å². The highest BCUT2D eigenvalue weighted by Crippen LogP contribution is 2.46. The van der Waals surface area contributed by atoms with Gasteiger partial charge in [0.15, 0.2) is 0 Å². The van der Waals surface area contributed by atoms with Gasteiger partial charge in [0.1, 0.15) is 0 Å². The van der Waals surface area contributed by atoms with Crippen molar-refractivity contribution in [2.75, 3.05) is 6.54 Å². The molecule has 0 heterocycles. The molecule has 0 aromatic heterocycles. The van der Waals surface area contributed by atoms with Crippen LogP contribution in [0.25, 0.3) is 0 Å². The maximum atomic E-state index is 5.52. The van der Waals surface area contributed by atoms with Crippen LogP contribution in [0.1, 0.15) is 51.4 Å². The molecule has 0 radical (unpaired) electrons. The van der Waals surface area contributed by atoms with Crippen LogP contribution in [0.5, 0.6) is 0 Å². The number of nitrogens with zero attached hydrogens (tertiary/aromatic N) is 1. The van der Waals surface area contributed by atoms with Crippen molar-refractivity contribution in [1.82, 2.24) is 0 Å². The summed E-state index contributed by atoms with van der Waals surface area (Å²) < 4.78 is 5.52. The molecule has 0 aliphatic heterocycles. The van der Waals surface area contributed by atoms with Gasteiger partial charge in [-0.05, 0) is 19.3 Å². The van der Waals surface area contributed by atoms with E-state index in [1.807, 2.05) is 6.08 Å². The third-order valence-electron chi connectivity index (χ3n) is 5.77. The van der Waals surface area contributed by atoms with Gasteiger partial charge < -0.3 is 0 Å². The summed E-state index contributed by atoms with van der Waals surface area (Å²) in [4.78, 5) is 0. The van der Waals surface area contributed by atoms with Gasteiger partial charge >= 0.3 is 0 Å². The van der Waals surface area contributed by atoms with E-state index in [0.29, 0.717) is 0 Å². The molecule has 3 aromatic rings. The van der Waals surface area contributed by atoms with Gasteiger partial charge in [-0.2, -0.15) is 0 Å². The van der Waals surface area contributed by atoms with Gasteiger partial charge in [0, 0.05) is 22.5 Å². The molecule has 0 N–H and O–H groups in total. The van der Waals surface area contributed by atoms with Crippen molar-refractivity contribution in [2.24, 2.45) is 4.74 Å². The fourth-order valence-corrected chi connectivity index (χ4v) is 7.77. The van der Waals surface area contributed by atoms with Crippen LogP contribution in [-0.2, 0) is 0 Å². The van der Waals surface area contributed by atoms with Crippen molar-refractivity contribution in [2.45, 2.75) is 51.4 Å². The Morgan fingerprint density at radius 1 is 0.548 bits per heavy atom. The molecule has 3 rings (SSSR count). The Labute approximate surface area is 189 Å². The lowest BCUT2D eigenvalue weighted by Gasteiger charge is -2.27. The van der Waals surface area contributed by atoms with Crippen LogP contribution >= 0.6 is 7.05 Å². The molecular formula is C29H36NP. The lowest BCUT2D eigenvalue weighted by atomic mass is 10.1. The van der Waals surface area contributed by atoms with E-state index in [4.69, 9.17) is 4.74 Å². The summed E-state index contributed by atoms with van der Waals surface area (Å²) >= 11 is 0. The van der Waals surface area contributed by atoms with E-state index in [-0.39, 0.29) is 0 Å². The van der Waals surface area contributed by atoms with Crippen LogP contribution in [-0.4, -0.2) is 6.54 Å². The number of allylic oxidation sites excluding steroid dienone is 1. The van der Waals surface area contributed by atoms with Gasteiger partial charge in [-0.25, -0.2) is 0 Å². The molecule has 3 aromatic carbocycles. The van der Waals surface area contributed by atoms with Crippen molar-refractivity contribution in [3.05, 3.63) is 104 Å². The summed E-state index contributed by atoms with van der Waals surface area (Å²) in [6.07, 6.45) is 12.2. The molecule has 2 heteroatoms. The van der Waals surface area contributed by atoms with E-state index in [9.17, 15) is 0 Å².